The normalized spacial score (nSPS) is 9.85. The highest BCUT2D eigenvalue weighted by atomic mass is 19.1. The minimum absolute atomic E-state index is 0.244. The second-order valence-corrected chi connectivity index (χ2v) is 4.39. The molecule has 2 aromatic carbocycles. The minimum Gasteiger partial charge on any atom is -0.492 e. The molecule has 0 radical (unpaired) electrons. The largest absolute Gasteiger partial charge is 0.492 e. The van der Waals surface area contributed by atoms with Crippen molar-refractivity contribution >= 4 is 5.69 Å². The first-order valence-corrected chi connectivity index (χ1v) is 6.29. The Morgan fingerprint density at radius 1 is 1.20 bits per heavy atom. The molecule has 102 valence electrons. The molecule has 0 fully saturated rings. The Kier molecular flexibility index (Phi) is 4.56. The van der Waals surface area contributed by atoms with Crippen LogP contribution in [0.25, 0.3) is 0 Å². The number of benzene rings is 2. The van der Waals surface area contributed by atoms with Crippen molar-refractivity contribution < 1.29 is 9.13 Å². The molecule has 0 bridgehead atoms. The molecule has 0 aliphatic rings. The Bertz CT molecular complexity index is 605. The van der Waals surface area contributed by atoms with Gasteiger partial charge in [-0.05, 0) is 42.5 Å². The summed E-state index contributed by atoms with van der Waals surface area (Å²) < 4.78 is 18.4. The van der Waals surface area contributed by atoms with Gasteiger partial charge >= 0.3 is 0 Å². The van der Waals surface area contributed by atoms with Gasteiger partial charge in [0.15, 0.2) is 0 Å². The van der Waals surface area contributed by atoms with Crippen LogP contribution in [0.4, 0.5) is 10.1 Å². The molecule has 0 aromatic heterocycles. The molecule has 0 saturated carbocycles. The zero-order chi connectivity index (χ0) is 14.4. The highest BCUT2D eigenvalue weighted by Crippen LogP contribution is 2.14. The number of nitriles is 1. The van der Waals surface area contributed by atoms with Gasteiger partial charge in [0.05, 0.1) is 18.2 Å². The third-order valence-corrected chi connectivity index (χ3v) is 2.93. The first-order chi connectivity index (χ1) is 9.69. The molecule has 2 rings (SSSR count). The number of hydrogen-bond acceptors (Lipinski definition) is 3. The summed E-state index contributed by atoms with van der Waals surface area (Å²) >= 11 is 0. The lowest BCUT2D eigenvalue weighted by Crippen LogP contribution is -2.23. The molecule has 0 atom stereocenters. The van der Waals surface area contributed by atoms with Crippen LogP contribution < -0.4 is 9.64 Å². The van der Waals surface area contributed by atoms with E-state index < -0.39 is 0 Å². The number of ether oxygens (including phenoxy) is 1. The molecule has 0 aliphatic carbocycles. The van der Waals surface area contributed by atoms with Crippen LogP contribution in [-0.2, 0) is 0 Å². The van der Waals surface area contributed by atoms with E-state index in [0.29, 0.717) is 24.5 Å². The molecule has 4 heteroatoms. The molecule has 0 saturated heterocycles. The predicted molar refractivity (Wildman–Crippen MR) is 76.3 cm³/mol. The lowest BCUT2D eigenvalue weighted by molar-refractivity contribution is 0.326. The highest BCUT2D eigenvalue weighted by Gasteiger charge is 2.02. The summed E-state index contributed by atoms with van der Waals surface area (Å²) in [7, 11) is 1.92. The van der Waals surface area contributed by atoms with E-state index >= 15 is 0 Å². The van der Waals surface area contributed by atoms with E-state index in [2.05, 4.69) is 6.07 Å². The summed E-state index contributed by atoms with van der Waals surface area (Å²) in [5, 5.41) is 8.80. The van der Waals surface area contributed by atoms with E-state index in [-0.39, 0.29) is 5.82 Å². The zero-order valence-electron chi connectivity index (χ0n) is 11.2. The van der Waals surface area contributed by atoms with Gasteiger partial charge in [-0.3, -0.25) is 0 Å². The summed E-state index contributed by atoms with van der Waals surface area (Å²) in [6.07, 6.45) is 0. The van der Waals surface area contributed by atoms with Crippen LogP contribution in [0.1, 0.15) is 5.56 Å². The van der Waals surface area contributed by atoms with Gasteiger partial charge in [0, 0.05) is 12.7 Å². The van der Waals surface area contributed by atoms with Gasteiger partial charge in [0.2, 0.25) is 0 Å². The fourth-order valence-electron chi connectivity index (χ4n) is 1.78. The molecule has 20 heavy (non-hydrogen) atoms. The monoisotopic (exact) mass is 270 g/mol. The number of nitrogens with zero attached hydrogens (tertiary/aromatic N) is 2. The maximum atomic E-state index is 12.8. The van der Waals surface area contributed by atoms with Crippen molar-refractivity contribution in [3.8, 4) is 11.8 Å². The fraction of sp³-hybridized carbons (Fsp3) is 0.188. The Hall–Kier alpha value is -2.54. The average molecular weight is 270 g/mol. The molecule has 0 unspecified atom stereocenters. The third-order valence-electron chi connectivity index (χ3n) is 2.93. The number of hydrogen-bond donors (Lipinski definition) is 0. The van der Waals surface area contributed by atoms with Crippen molar-refractivity contribution in [1.82, 2.24) is 0 Å². The lowest BCUT2D eigenvalue weighted by Gasteiger charge is -2.19. The Morgan fingerprint density at radius 3 is 2.65 bits per heavy atom. The van der Waals surface area contributed by atoms with Gasteiger partial charge in [-0.15, -0.1) is 0 Å². The number of likely N-dealkylation sites (N-methyl/N-ethyl adjacent to an activating group) is 1. The van der Waals surface area contributed by atoms with Crippen molar-refractivity contribution in [2.75, 3.05) is 25.1 Å². The van der Waals surface area contributed by atoms with Gasteiger partial charge in [-0.1, -0.05) is 6.07 Å². The third kappa shape index (κ3) is 3.72. The van der Waals surface area contributed by atoms with Crippen LogP contribution in [-0.4, -0.2) is 20.2 Å². The predicted octanol–water partition coefficient (Wildman–Crippen LogP) is 3.21. The molecule has 0 N–H and O–H groups in total. The van der Waals surface area contributed by atoms with Crippen LogP contribution in [0, 0.1) is 17.1 Å². The van der Waals surface area contributed by atoms with Crippen molar-refractivity contribution in [3.05, 3.63) is 59.9 Å². The van der Waals surface area contributed by atoms with Gasteiger partial charge < -0.3 is 9.64 Å². The summed E-state index contributed by atoms with van der Waals surface area (Å²) in [5.41, 5.74) is 1.51. The van der Waals surface area contributed by atoms with Crippen LogP contribution in [0.3, 0.4) is 0 Å². The molecule has 0 amide bonds. The van der Waals surface area contributed by atoms with E-state index in [0.717, 1.165) is 5.69 Å². The second-order valence-electron chi connectivity index (χ2n) is 4.39. The summed E-state index contributed by atoms with van der Waals surface area (Å²) in [6, 6.07) is 15.4. The first-order valence-electron chi connectivity index (χ1n) is 6.29. The van der Waals surface area contributed by atoms with Gasteiger partial charge in [-0.2, -0.15) is 5.26 Å². The minimum atomic E-state index is -0.244. The lowest BCUT2D eigenvalue weighted by atomic mass is 10.2. The number of rotatable bonds is 5. The molecule has 0 aliphatic heterocycles. The van der Waals surface area contributed by atoms with Gasteiger partial charge in [-0.25, -0.2) is 4.39 Å². The van der Waals surface area contributed by atoms with Crippen molar-refractivity contribution in [2.45, 2.75) is 0 Å². The zero-order valence-corrected chi connectivity index (χ0v) is 11.2. The molecular formula is C16H15FN2O. The van der Waals surface area contributed by atoms with E-state index in [1.807, 2.05) is 18.0 Å². The fourth-order valence-corrected chi connectivity index (χ4v) is 1.78. The summed E-state index contributed by atoms with van der Waals surface area (Å²) in [6.45, 7) is 1.16. The molecule has 0 spiro atoms. The van der Waals surface area contributed by atoms with Crippen molar-refractivity contribution in [2.24, 2.45) is 0 Å². The van der Waals surface area contributed by atoms with Gasteiger partial charge in [0.25, 0.3) is 0 Å². The number of halogens is 1. The van der Waals surface area contributed by atoms with Gasteiger partial charge in [0.1, 0.15) is 18.2 Å². The van der Waals surface area contributed by atoms with Crippen LogP contribution in [0.5, 0.6) is 5.75 Å². The van der Waals surface area contributed by atoms with Crippen molar-refractivity contribution in [1.29, 1.82) is 5.26 Å². The standard InChI is InChI=1S/C16H15FN2O/c1-19(15-7-5-14(17)6-8-15)9-10-20-16-4-2-3-13(11-16)12-18/h2-8,11H,9-10H2,1H3. The Balaban J connectivity index is 1.86. The van der Waals surface area contributed by atoms with E-state index in [9.17, 15) is 4.39 Å². The molecule has 2 aromatic rings. The van der Waals surface area contributed by atoms with E-state index in [1.165, 1.54) is 12.1 Å². The number of anilines is 1. The quantitative estimate of drug-likeness (QED) is 0.837. The topological polar surface area (TPSA) is 36.3 Å². The Labute approximate surface area is 117 Å². The summed E-state index contributed by atoms with van der Waals surface area (Å²) in [4.78, 5) is 1.98. The van der Waals surface area contributed by atoms with E-state index in [1.54, 1.807) is 30.3 Å². The van der Waals surface area contributed by atoms with E-state index in [4.69, 9.17) is 10.00 Å². The summed E-state index contributed by atoms with van der Waals surface area (Å²) in [5.74, 6) is 0.434. The molecular weight excluding hydrogens is 255 g/mol. The van der Waals surface area contributed by atoms with Crippen LogP contribution >= 0.6 is 0 Å². The average Bonchev–Trinajstić information content (AvgIpc) is 2.48. The molecule has 0 heterocycles. The second kappa shape index (κ2) is 6.58. The maximum absolute atomic E-state index is 12.8. The van der Waals surface area contributed by atoms with Crippen LogP contribution in [0.15, 0.2) is 48.5 Å². The maximum Gasteiger partial charge on any atom is 0.123 e. The smallest absolute Gasteiger partial charge is 0.123 e. The SMILES string of the molecule is CN(CCOc1cccc(C#N)c1)c1ccc(F)cc1. The Morgan fingerprint density at radius 2 is 1.95 bits per heavy atom. The first kappa shape index (κ1) is 13.9. The van der Waals surface area contributed by atoms with Crippen molar-refractivity contribution in [3.63, 3.8) is 0 Å². The molecule has 3 nitrogen and oxygen atoms in total. The van der Waals surface area contributed by atoms with Crippen LogP contribution in [0.2, 0.25) is 0 Å². The highest BCUT2D eigenvalue weighted by molar-refractivity contribution is 5.45.